The number of pyridine rings is 1. The van der Waals surface area contributed by atoms with Crippen LogP contribution in [0.2, 0.25) is 0 Å². The molecule has 5 heterocycles. The Morgan fingerprint density at radius 3 is 3.26 bits per heavy atom. The minimum absolute atomic E-state index is 0.0144. The second-order valence-corrected chi connectivity index (χ2v) is 8.40. The molecule has 0 saturated carbocycles. The Hall–Kier alpha value is -2.43. The van der Waals surface area contributed by atoms with E-state index >= 15 is 0 Å². The summed E-state index contributed by atoms with van der Waals surface area (Å²) in [6.07, 6.45) is 4.04. The Bertz CT molecular complexity index is 909. The Balaban J connectivity index is 1.33. The van der Waals surface area contributed by atoms with Gasteiger partial charge in [0.15, 0.2) is 0 Å². The van der Waals surface area contributed by atoms with E-state index in [2.05, 4.69) is 21.3 Å². The Morgan fingerprint density at radius 1 is 1.52 bits per heavy atom. The maximum atomic E-state index is 12.3. The van der Waals surface area contributed by atoms with E-state index in [4.69, 9.17) is 4.74 Å². The summed E-state index contributed by atoms with van der Waals surface area (Å²) >= 11 is 1.53. The molecule has 2 aromatic rings. The molecule has 2 bridgehead atoms. The van der Waals surface area contributed by atoms with Gasteiger partial charge in [-0.25, -0.2) is 4.98 Å². The molecule has 7 heteroatoms. The topological polar surface area (TPSA) is 78.3 Å². The van der Waals surface area contributed by atoms with Crippen LogP contribution in [-0.2, 0) is 4.74 Å². The van der Waals surface area contributed by atoms with E-state index in [1.807, 2.05) is 22.9 Å². The number of fused-ring (bicyclic) bond motifs is 1. The van der Waals surface area contributed by atoms with Crippen molar-refractivity contribution in [1.82, 2.24) is 10.3 Å². The van der Waals surface area contributed by atoms with Crippen molar-refractivity contribution in [3.05, 3.63) is 46.3 Å². The monoisotopic (exact) mass is 380 g/mol. The fraction of sp³-hybridized carbons (Fsp3) is 0.450. The summed E-state index contributed by atoms with van der Waals surface area (Å²) in [5.41, 5.74) is 1.16. The summed E-state index contributed by atoms with van der Waals surface area (Å²) in [5, 5.41) is 16.3. The van der Waals surface area contributed by atoms with Crippen molar-refractivity contribution < 1.29 is 9.53 Å². The van der Waals surface area contributed by atoms with Gasteiger partial charge in [-0.3, -0.25) is 4.79 Å². The predicted molar refractivity (Wildman–Crippen MR) is 102 cm³/mol. The molecule has 4 atom stereocenters. The lowest BCUT2D eigenvalue weighted by Gasteiger charge is -2.29. The van der Waals surface area contributed by atoms with Gasteiger partial charge in [0.25, 0.3) is 5.91 Å². The van der Waals surface area contributed by atoms with Crippen molar-refractivity contribution in [2.45, 2.75) is 24.5 Å². The van der Waals surface area contributed by atoms with E-state index < -0.39 is 0 Å². The number of nitrogens with zero attached hydrogens (tertiary/aromatic N) is 3. The molecule has 3 aliphatic rings. The number of carbonyl (C=O) groups excluding carboxylic acids is 1. The number of thiophene rings is 1. The molecule has 1 amide bonds. The van der Waals surface area contributed by atoms with Gasteiger partial charge in [-0.05, 0) is 36.4 Å². The highest BCUT2D eigenvalue weighted by Crippen LogP contribution is 2.55. The number of hydrogen-bond donors (Lipinski definition) is 1. The molecule has 5 rings (SSSR count). The number of amides is 1. The number of anilines is 1. The second kappa shape index (κ2) is 6.32. The fourth-order valence-electron chi connectivity index (χ4n) is 5.07. The zero-order chi connectivity index (χ0) is 18.4. The molecule has 0 aromatic carbocycles. The zero-order valence-corrected chi connectivity index (χ0v) is 15.6. The molecule has 1 N–H and O–H groups in total. The SMILES string of the molecule is N#Cc1cccnc1N1C[C@@H]2[C@H](CNC(=O)c3ccsc3)[C@H]3CC[C@]2(C1)O3. The Labute approximate surface area is 161 Å². The molecule has 138 valence electrons. The highest BCUT2D eigenvalue weighted by molar-refractivity contribution is 7.08. The average molecular weight is 380 g/mol. The summed E-state index contributed by atoms with van der Waals surface area (Å²) < 4.78 is 6.44. The molecule has 0 aliphatic carbocycles. The van der Waals surface area contributed by atoms with E-state index in [0.29, 0.717) is 23.9 Å². The van der Waals surface area contributed by atoms with Crippen LogP contribution in [0.3, 0.4) is 0 Å². The van der Waals surface area contributed by atoms with Gasteiger partial charge in [0, 0.05) is 48.6 Å². The molecule has 2 aromatic heterocycles. The zero-order valence-electron chi connectivity index (χ0n) is 14.8. The Kier molecular flexibility index (Phi) is 3.92. The lowest BCUT2D eigenvalue weighted by atomic mass is 9.73. The van der Waals surface area contributed by atoms with Crippen molar-refractivity contribution in [3.8, 4) is 6.07 Å². The van der Waals surface area contributed by atoms with Crippen molar-refractivity contribution in [1.29, 1.82) is 5.26 Å². The molecule has 27 heavy (non-hydrogen) atoms. The van der Waals surface area contributed by atoms with E-state index in [1.165, 1.54) is 11.3 Å². The third-order valence-electron chi connectivity index (χ3n) is 6.27. The number of rotatable bonds is 4. The second-order valence-electron chi connectivity index (χ2n) is 7.62. The summed E-state index contributed by atoms with van der Waals surface area (Å²) in [5.74, 6) is 1.39. The van der Waals surface area contributed by atoms with E-state index in [0.717, 1.165) is 37.3 Å². The van der Waals surface area contributed by atoms with Gasteiger partial charge >= 0.3 is 0 Å². The van der Waals surface area contributed by atoms with Crippen molar-refractivity contribution in [2.75, 3.05) is 24.5 Å². The van der Waals surface area contributed by atoms with Gasteiger partial charge in [0.2, 0.25) is 0 Å². The van der Waals surface area contributed by atoms with Crippen LogP contribution in [0.4, 0.5) is 5.82 Å². The van der Waals surface area contributed by atoms with Crippen LogP contribution < -0.4 is 10.2 Å². The van der Waals surface area contributed by atoms with E-state index in [9.17, 15) is 10.1 Å². The third kappa shape index (κ3) is 2.63. The lowest BCUT2D eigenvalue weighted by Crippen LogP contribution is -2.41. The quantitative estimate of drug-likeness (QED) is 0.881. The van der Waals surface area contributed by atoms with Crippen molar-refractivity contribution in [3.63, 3.8) is 0 Å². The standard InChI is InChI=1S/C20H20N4O2S/c21-8-13-2-1-6-22-18(13)24-10-16-15(17-3-5-20(16,12-24)26-17)9-23-19(25)14-4-7-27-11-14/h1-2,4,6-7,11,15-17H,3,5,9-10,12H2,(H,23,25)/t15-,16+,17+,20+/m0/s1. The van der Waals surface area contributed by atoms with Gasteiger partial charge in [-0.2, -0.15) is 16.6 Å². The van der Waals surface area contributed by atoms with Crippen LogP contribution in [0, 0.1) is 23.2 Å². The van der Waals surface area contributed by atoms with Gasteiger partial charge in [0.1, 0.15) is 11.9 Å². The maximum absolute atomic E-state index is 12.3. The van der Waals surface area contributed by atoms with Crippen LogP contribution in [0.25, 0.3) is 0 Å². The van der Waals surface area contributed by atoms with Crippen LogP contribution in [0.5, 0.6) is 0 Å². The molecule has 0 unspecified atom stereocenters. The van der Waals surface area contributed by atoms with Gasteiger partial charge in [-0.15, -0.1) is 0 Å². The third-order valence-corrected chi connectivity index (χ3v) is 6.96. The number of carbonyl (C=O) groups is 1. The summed E-state index contributed by atoms with van der Waals surface area (Å²) in [6, 6.07) is 7.70. The van der Waals surface area contributed by atoms with E-state index in [1.54, 1.807) is 12.3 Å². The molecule has 3 fully saturated rings. The molecule has 0 radical (unpaired) electrons. The van der Waals surface area contributed by atoms with Gasteiger partial charge in [0.05, 0.1) is 17.3 Å². The first-order valence-corrected chi connectivity index (χ1v) is 10.2. The first-order chi connectivity index (χ1) is 13.2. The minimum atomic E-state index is -0.160. The van der Waals surface area contributed by atoms with Crippen LogP contribution in [-0.4, -0.2) is 42.2 Å². The van der Waals surface area contributed by atoms with Crippen LogP contribution in [0.1, 0.15) is 28.8 Å². The number of nitriles is 1. The van der Waals surface area contributed by atoms with Crippen LogP contribution >= 0.6 is 11.3 Å². The smallest absolute Gasteiger partial charge is 0.252 e. The molecule has 6 nitrogen and oxygen atoms in total. The summed E-state index contributed by atoms with van der Waals surface area (Å²) in [4.78, 5) is 19.0. The molecular formula is C20H20N4O2S. The minimum Gasteiger partial charge on any atom is -0.369 e. The number of ether oxygens (including phenoxy) is 1. The maximum Gasteiger partial charge on any atom is 0.252 e. The first kappa shape index (κ1) is 16.7. The van der Waals surface area contributed by atoms with Gasteiger partial charge in [-0.1, -0.05) is 0 Å². The number of aromatic nitrogens is 1. The molecule has 1 spiro atoms. The number of hydrogen-bond acceptors (Lipinski definition) is 6. The highest BCUT2D eigenvalue weighted by atomic mass is 32.1. The largest absolute Gasteiger partial charge is 0.369 e. The van der Waals surface area contributed by atoms with Crippen LogP contribution in [0.15, 0.2) is 35.2 Å². The number of nitrogens with one attached hydrogen (secondary N) is 1. The molecular weight excluding hydrogens is 360 g/mol. The molecule has 3 saturated heterocycles. The summed E-state index contributed by atoms with van der Waals surface area (Å²) in [6.45, 7) is 2.23. The summed E-state index contributed by atoms with van der Waals surface area (Å²) in [7, 11) is 0. The van der Waals surface area contributed by atoms with E-state index in [-0.39, 0.29) is 17.6 Å². The fourth-order valence-corrected chi connectivity index (χ4v) is 5.70. The highest BCUT2D eigenvalue weighted by Gasteiger charge is 2.63. The molecule has 3 aliphatic heterocycles. The van der Waals surface area contributed by atoms with Crippen molar-refractivity contribution >= 4 is 23.1 Å². The normalized spacial score (nSPS) is 30.9. The van der Waals surface area contributed by atoms with Crippen molar-refractivity contribution in [2.24, 2.45) is 11.8 Å². The Morgan fingerprint density at radius 2 is 2.44 bits per heavy atom. The first-order valence-electron chi connectivity index (χ1n) is 9.28. The average Bonchev–Trinajstić information content (AvgIpc) is 3.46. The predicted octanol–water partition coefficient (Wildman–Crippen LogP) is 2.43. The lowest BCUT2D eigenvalue weighted by molar-refractivity contribution is 0.0141. The van der Waals surface area contributed by atoms with Gasteiger partial charge < -0.3 is 15.0 Å².